The van der Waals surface area contributed by atoms with Crippen molar-refractivity contribution in [1.29, 1.82) is 0 Å². The Morgan fingerprint density at radius 3 is 2.19 bits per heavy atom. The summed E-state index contributed by atoms with van der Waals surface area (Å²) in [5.74, 6) is 1.24. The van der Waals surface area contributed by atoms with Gasteiger partial charge in [0.25, 0.3) is 5.91 Å². The fraction of sp³-hybridized carbons (Fsp3) is 0.200. The summed E-state index contributed by atoms with van der Waals surface area (Å²) in [7, 11) is 0. The molecule has 3 rings (SSSR count). The number of rotatable bonds is 9. The van der Waals surface area contributed by atoms with Gasteiger partial charge in [0.05, 0.1) is 13.2 Å². The Morgan fingerprint density at radius 2 is 1.52 bits per heavy atom. The summed E-state index contributed by atoms with van der Waals surface area (Å²) in [5.41, 5.74) is 2.59. The maximum atomic E-state index is 12.3. The van der Waals surface area contributed by atoms with Crippen LogP contribution in [0.5, 0.6) is 11.5 Å². The molecule has 0 aromatic heterocycles. The monoisotopic (exact) mass is 434 g/mol. The van der Waals surface area contributed by atoms with Crippen LogP contribution in [0.15, 0.2) is 78.9 Å². The lowest BCUT2D eigenvalue weighted by Gasteiger charge is -2.11. The zero-order valence-corrected chi connectivity index (χ0v) is 18.3. The first-order valence-corrected chi connectivity index (χ1v) is 10.7. The molecule has 0 radical (unpaired) electrons. The Hall–Kier alpha value is -3.38. The molecule has 0 heterocycles. The second-order valence-electron chi connectivity index (χ2n) is 6.83. The van der Waals surface area contributed by atoms with E-state index in [1.807, 2.05) is 49.4 Å². The van der Waals surface area contributed by atoms with Crippen LogP contribution >= 0.6 is 12.2 Å². The van der Waals surface area contributed by atoms with Gasteiger partial charge in [0.2, 0.25) is 0 Å². The average molecular weight is 435 g/mol. The number of carbonyl (C=O) groups is 1. The molecule has 31 heavy (non-hydrogen) atoms. The van der Waals surface area contributed by atoms with E-state index in [9.17, 15) is 4.79 Å². The van der Waals surface area contributed by atoms with Crippen molar-refractivity contribution in [2.24, 2.45) is 0 Å². The zero-order valence-electron chi connectivity index (χ0n) is 17.5. The molecule has 3 aromatic rings. The molecule has 6 heteroatoms. The molecule has 0 bridgehead atoms. The topological polar surface area (TPSA) is 59.6 Å². The first kappa shape index (κ1) is 22.3. The third kappa shape index (κ3) is 7.42. The Labute approximate surface area is 188 Å². The van der Waals surface area contributed by atoms with Crippen LogP contribution in [0.4, 0.5) is 5.69 Å². The summed E-state index contributed by atoms with van der Waals surface area (Å²) in [4.78, 5) is 12.3. The predicted octanol–water partition coefficient (Wildman–Crippen LogP) is 5.22. The Morgan fingerprint density at radius 1 is 0.871 bits per heavy atom. The molecule has 0 unspecified atom stereocenters. The van der Waals surface area contributed by atoms with E-state index in [4.69, 9.17) is 21.7 Å². The molecule has 0 aliphatic carbocycles. The van der Waals surface area contributed by atoms with Crippen molar-refractivity contribution in [2.75, 3.05) is 18.5 Å². The zero-order chi connectivity index (χ0) is 21.9. The number of hydrogen-bond donors (Lipinski definition) is 2. The summed E-state index contributed by atoms with van der Waals surface area (Å²) < 4.78 is 11.2. The van der Waals surface area contributed by atoms with Crippen molar-refractivity contribution in [3.63, 3.8) is 0 Å². The Kier molecular flexibility index (Phi) is 8.43. The fourth-order valence-corrected chi connectivity index (χ4v) is 3.16. The second kappa shape index (κ2) is 11.7. The van der Waals surface area contributed by atoms with Crippen LogP contribution in [0.1, 0.15) is 29.3 Å². The molecule has 1 amide bonds. The summed E-state index contributed by atoms with van der Waals surface area (Å²) in [5, 5.41) is 5.92. The lowest BCUT2D eigenvalue weighted by Crippen LogP contribution is -2.34. The SMILES string of the molecule is CCOc1ccc(C(=O)NC(=S)Nc2ccc(OCCCc3ccccc3)cc2)cc1. The average Bonchev–Trinajstić information content (AvgIpc) is 2.79. The normalized spacial score (nSPS) is 10.2. The van der Waals surface area contributed by atoms with E-state index in [-0.39, 0.29) is 11.0 Å². The van der Waals surface area contributed by atoms with Gasteiger partial charge in [-0.2, -0.15) is 0 Å². The highest BCUT2D eigenvalue weighted by Crippen LogP contribution is 2.16. The van der Waals surface area contributed by atoms with Crippen molar-refractivity contribution < 1.29 is 14.3 Å². The first-order chi connectivity index (χ1) is 15.1. The number of nitrogens with one attached hydrogen (secondary N) is 2. The van der Waals surface area contributed by atoms with Crippen molar-refractivity contribution in [3.05, 3.63) is 90.0 Å². The highest BCUT2D eigenvalue weighted by molar-refractivity contribution is 7.80. The summed E-state index contributed by atoms with van der Waals surface area (Å²) in [6.07, 6.45) is 1.94. The highest BCUT2D eigenvalue weighted by Gasteiger charge is 2.08. The van der Waals surface area contributed by atoms with E-state index in [1.54, 1.807) is 24.3 Å². The van der Waals surface area contributed by atoms with Gasteiger partial charge in [-0.25, -0.2) is 0 Å². The van der Waals surface area contributed by atoms with Gasteiger partial charge in [-0.3, -0.25) is 10.1 Å². The largest absolute Gasteiger partial charge is 0.494 e. The minimum absolute atomic E-state index is 0.232. The third-order valence-corrected chi connectivity index (χ3v) is 4.69. The molecule has 5 nitrogen and oxygen atoms in total. The van der Waals surface area contributed by atoms with Crippen LogP contribution in [0.2, 0.25) is 0 Å². The van der Waals surface area contributed by atoms with Crippen LogP contribution in [-0.4, -0.2) is 24.2 Å². The number of ether oxygens (including phenoxy) is 2. The van der Waals surface area contributed by atoms with Gasteiger partial charge in [-0.05, 0) is 86.1 Å². The molecule has 0 atom stereocenters. The first-order valence-electron chi connectivity index (χ1n) is 10.3. The molecule has 0 spiro atoms. The number of benzene rings is 3. The van der Waals surface area contributed by atoms with Crippen LogP contribution in [0, 0.1) is 0 Å². The van der Waals surface area contributed by atoms with Crippen LogP contribution in [0.3, 0.4) is 0 Å². The van der Waals surface area contributed by atoms with Gasteiger partial charge in [-0.15, -0.1) is 0 Å². The third-order valence-electron chi connectivity index (χ3n) is 4.49. The van der Waals surface area contributed by atoms with Gasteiger partial charge in [-0.1, -0.05) is 30.3 Å². The van der Waals surface area contributed by atoms with E-state index >= 15 is 0 Å². The van der Waals surface area contributed by atoms with E-state index in [0.29, 0.717) is 18.8 Å². The quantitative estimate of drug-likeness (QED) is 0.357. The molecule has 0 aliphatic rings. The van der Waals surface area contributed by atoms with Gasteiger partial charge in [0.1, 0.15) is 11.5 Å². The molecule has 3 aromatic carbocycles. The smallest absolute Gasteiger partial charge is 0.257 e. The maximum Gasteiger partial charge on any atom is 0.257 e. The molecular formula is C25H26N2O3S. The van der Waals surface area contributed by atoms with Crippen molar-refractivity contribution in [3.8, 4) is 11.5 Å². The van der Waals surface area contributed by atoms with Crippen molar-refractivity contribution in [2.45, 2.75) is 19.8 Å². The van der Waals surface area contributed by atoms with E-state index in [2.05, 4.69) is 22.8 Å². The minimum atomic E-state index is -0.279. The number of thiocarbonyl (C=S) groups is 1. The number of carbonyl (C=O) groups excluding carboxylic acids is 1. The van der Waals surface area contributed by atoms with Crippen molar-refractivity contribution in [1.82, 2.24) is 5.32 Å². The number of anilines is 1. The van der Waals surface area contributed by atoms with Crippen LogP contribution < -0.4 is 20.1 Å². The molecule has 2 N–H and O–H groups in total. The van der Waals surface area contributed by atoms with Crippen LogP contribution in [-0.2, 0) is 6.42 Å². The van der Waals surface area contributed by atoms with E-state index < -0.39 is 0 Å². The predicted molar refractivity (Wildman–Crippen MR) is 128 cm³/mol. The van der Waals surface area contributed by atoms with E-state index in [1.165, 1.54) is 5.56 Å². The molecule has 0 fully saturated rings. The second-order valence-corrected chi connectivity index (χ2v) is 7.24. The lowest BCUT2D eigenvalue weighted by molar-refractivity contribution is 0.0977. The van der Waals surface area contributed by atoms with Crippen LogP contribution in [0.25, 0.3) is 0 Å². The maximum absolute atomic E-state index is 12.3. The summed E-state index contributed by atoms with van der Waals surface area (Å²) >= 11 is 5.25. The minimum Gasteiger partial charge on any atom is -0.494 e. The van der Waals surface area contributed by atoms with E-state index in [0.717, 1.165) is 30.0 Å². The summed E-state index contributed by atoms with van der Waals surface area (Å²) in [6.45, 7) is 3.14. The Bertz CT molecular complexity index is 974. The van der Waals surface area contributed by atoms with Crippen molar-refractivity contribution >= 4 is 28.9 Å². The Balaban J connectivity index is 1.41. The molecular weight excluding hydrogens is 408 g/mol. The number of aryl methyl sites for hydroxylation is 1. The lowest BCUT2D eigenvalue weighted by atomic mass is 10.1. The standard InChI is InChI=1S/C25H26N2O3S/c1-2-29-22-14-10-20(11-15-22)24(28)27-25(31)26-21-12-16-23(17-13-21)30-18-6-9-19-7-4-3-5-8-19/h3-5,7-8,10-17H,2,6,9,18H2,1H3,(H2,26,27,28,31). The summed E-state index contributed by atoms with van der Waals surface area (Å²) in [6, 6.07) is 24.8. The number of amides is 1. The highest BCUT2D eigenvalue weighted by atomic mass is 32.1. The molecule has 160 valence electrons. The molecule has 0 saturated heterocycles. The molecule has 0 aliphatic heterocycles. The number of hydrogen-bond acceptors (Lipinski definition) is 4. The molecule has 0 saturated carbocycles. The van der Waals surface area contributed by atoms with Gasteiger partial charge < -0.3 is 14.8 Å². The van der Waals surface area contributed by atoms with Gasteiger partial charge >= 0.3 is 0 Å². The fourth-order valence-electron chi connectivity index (χ4n) is 2.95. The van der Waals surface area contributed by atoms with Gasteiger partial charge in [0, 0.05) is 11.3 Å². The van der Waals surface area contributed by atoms with Gasteiger partial charge in [0.15, 0.2) is 5.11 Å².